The SMILES string of the molecule is [B]C([B])(N)c1ccc(C(F)(F)F)nc1. The zero-order valence-corrected chi connectivity index (χ0v) is 7.05. The van der Waals surface area contributed by atoms with Gasteiger partial charge in [0.15, 0.2) is 0 Å². The van der Waals surface area contributed by atoms with Crippen molar-refractivity contribution in [3.8, 4) is 0 Å². The van der Waals surface area contributed by atoms with Crippen LogP contribution in [0.2, 0.25) is 0 Å². The highest BCUT2D eigenvalue weighted by molar-refractivity contribution is 6.39. The van der Waals surface area contributed by atoms with Crippen LogP contribution >= 0.6 is 0 Å². The van der Waals surface area contributed by atoms with Crippen LogP contribution in [0.25, 0.3) is 0 Å². The first-order valence-corrected chi connectivity index (χ1v) is 3.61. The van der Waals surface area contributed by atoms with Gasteiger partial charge >= 0.3 is 6.18 Å². The van der Waals surface area contributed by atoms with Crippen LogP contribution in [-0.4, -0.2) is 20.7 Å². The molecule has 0 fully saturated rings. The van der Waals surface area contributed by atoms with Crippen LogP contribution in [0, 0.1) is 0 Å². The van der Waals surface area contributed by atoms with E-state index in [9.17, 15) is 13.2 Å². The molecule has 1 rings (SSSR count). The van der Waals surface area contributed by atoms with Crippen molar-refractivity contribution in [3.05, 3.63) is 29.6 Å². The highest BCUT2D eigenvalue weighted by Crippen LogP contribution is 2.27. The molecule has 0 spiro atoms. The van der Waals surface area contributed by atoms with Gasteiger partial charge in [0.1, 0.15) is 5.69 Å². The van der Waals surface area contributed by atoms with Crippen molar-refractivity contribution in [2.24, 2.45) is 5.73 Å². The lowest BCUT2D eigenvalue weighted by Crippen LogP contribution is -2.37. The second-order valence-electron chi connectivity index (χ2n) is 2.86. The molecule has 14 heavy (non-hydrogen) atoms. The number of hydrogen-bond acceptors (Lipinski definition) is 2. The van der Waals surface area contributed by atoms with Crippen molar-refractivity contribution >= 4 is 15.7 Å². The summed E-state index contributed by atoms with van der Waals surface area (Å²) in [4.78, 5) is 3.15. The molecule has 0 aliphatic carbocycles. The normalized spacial score (nSPS) is 12.9. The van der Waals surface area contributed by atoms with Crippen molar-refractivity contribution in [1.29, 1.82) is 0 Å². The Labute approximate surface area is 81.5 Å². The van der Waals surface area contributed by atoms with Crippen molar-refractivity contribution in [2.75, 3.05) is 0 Å². The smallest absolute Gasteiger partial charge is 0.337 e. The molecule has 4 radical (unpaired) electrons. The molecule has 7 heteroatoms. The Morgan fingerprint density at radius 1 is 1.21 bits per heavy atom. The molecule has 0 bridgehead atoms. The number of alkyl halides is 3. The third-order valence-corrected chi connectivity index (χ3v) is 1.55. The Morgan fingerprint density at radius 3 is 2.07 bits per heavy atom. The van der Waals surface area contributed by atoms with E-state index in [0.29, 0.717) is 0 Å². The Hall–Kier alpha value is -0.970. The van der Waals surface area contributed by atoms with Crippen LogP contribution in [0.5, 0.6) is 0 Å². The van der Waals surface area contributed by atoms with Crippen LogP contribution in [-0.2, 0) is 11.5 Å². The molecule has 1 aromatic heterocycles. The molecule has 2 N–H and O–H groups in total. The summed E-state index contributed by atoms with van der Waals surface area (Å²) in [5, 5.41) is -1.67. The Morgan fingerprint density at radius 2 is 1.79 bits per heavy atom. The maximum Gasteiger partial charge on any atom is 0.433 e. The molecule has 0 aromatic carbocycles. The number of nitrogens with two attached hydrogens (primary N) is 1. The number of hydrogen-bond donors (Lipinski definition) is 1. The Balaban J connectivity index is 3.02. The molecule has 0 amide bonds. The van der Waals surface area contributed by atoms with E-state index in [2.05, 4.69) is 4.98 Å². The second-order valence-corrected chi connectivity index (χ2v) is 2.86. The maximum absolute atomic E-state index is 12.1. The molecule has 1 aromatic rings. The molecule has 1 heterocycles. The summed E-state index contributed by atoms with van der Waals surface area (Å²) in [6.07, 6.45) is -3.57. The maximum atomic E-state index is 12.1. The van der Waals surface area contributed by atoms with Crippen molar-refractivity contribution in [2.45, 2.75) is 11.5 Å². The van der Waals surface area contributed by atoms with Gasteiger partial charge in [-0.2, -0.15) is 13.2 Å². The van der Waals surface area contributed by atoms with E-state index < -0.39 is 17.2 Å². The standard InChI is InChI=1S/C7H5B2F3N2/c8-6(9,13)4-1-2-5(14-3-4)7(10,11)12/h1-3H,13H2. The average molecular weight is 196 g/mol. The highest BCUT2D eigenvalue weighted by Gasteiger charge is 2.32. The van der Waals surface area contributed by atoms with Crippen molar-refractivity contribution in [1.82, 2.24) is 4.98 Å². The number of nitrogens with zero attached hydrogens (tertiary/aromatic N) is 1. The van der Waals surface area contributed by atoms with E-state index in [0.717, 1.165) is 18.3 Å². The molecule has 0 saturated carbocycles. The second kappa shape index (κ2) is 3.31. The quantitative estimate of drug-likeness (QED) is 0.664. The summed E-state index contributed by atoms with van der Waals surface area (Å²) in [5.41, 5.74) is 4.37. The zero-order valence-electron chi connectivity index (χ0n) is 7.05. The van der Waals surface area contributed by atoms with Gasteiger partial charge in [-0.15, -0.1) is 0 Å². The van der Waals surface area contributed by atoms with Crippen LogP contribution in [0.3, 0.4) is 0 Å². The summed E-state index contributed by atoms with van der Waals surface area (Å²) in [6, 6.07) is 1.87. The summed E-state index contributed by atoms with van der Waals surface area (Å²) >= 11 is 0. The first kappa shape index (κ1) is 11.1. The molecule has 0 aliphatic rings. The van der Waals surface area contributed by atoms with Gasteiger partial charge in [-0.05, 0) is 17.0 Å². The Kier molecular flexibility index (Phi) is 2.63. The monoisotopic (exact) mass is 196 g/mol. The van der Waals surface area contributed by atoms with Gasteiger partial charge in [-0.1, -0.05) is 6.07 Å². The van der Waals surface area contributed by atoms with Gasteiger partial charge in [0.2, 0.25) is 0 Å². The van der Waals surface area contributed by atoms with E-state index in [1.54, 1.807) is 0 Å². The van der Waals surface area contributed by atoms with Crippen LogP contribution < -0.4 is 5.73 Å². The van der Waals surface area contributed by atoms with Gasteiger partial charge < -0.3 is 5.73 Å². The molecule has 70 valence electrons. The van der Waals surface area contributed by atoms with Gasteiger partial charge in [0.05, 0.1) is 15.7 Å². The van der Waals surface area contributed by atoms with Crippen molar-refractivity contribution in [3.63, 3.8) is 0 Å². The van der Waals surface area contributed by atoms with Gasteiger partial charge in [-0.3, -0.25) is 4.98 Å². The molecule has 2 nitrogen and oxygen atoms in total. The molecular formula is C7H5B2F3N2. The lowest BCUT2D eigenvalue weighted by atomic mass is 9.59. The molecule has 0 saturated heterocycles. The molecule has 0 atom stereocenters. The topological polar surface area (TPSA) is 38.9 Å². The fourth-order valence-corrected chi connectivity index (χ4v) is 0.818. The summed E-state index contributed by atoms with van der Waals surface area (Å²) in [6.45, 7) is 0. The summed E-state index contributed by atoms with van der Waals surface area (Å²) < 4.78 is 36.2. The predicted molar refractivity (Wildman–Crippen MR) is 46.6 cm³/mol. The third kappa shape index (κ3) is 2.51. The first-order valence-electron chi connectivity index (χ1n) is 3.61. The minimum atomic E-state index is -4.47. The van der Waals surface area contributed by atoms with E-state index in [-0.39, 0.29) is 5.56 Å². The largest absolute Gasteiger partial charge is 0.433 e. The van der Waals surface area contributed by atoms with Gasteiger partial charge in [-0.25, -0.2) is 0 Å². The van der Waals surface area contributed by atoms with Crippen LogP contribution in [0.1, 0.15) is 11.3 Å². The van der Waals surface area contributed by atoms with E-state index in [1.165, 1.54) is 0 Å². The summed E-state index contributed by atoms with van der Waals surface area (Å²) in [7, 11) is 10.5. The van der Waals surface area contributed by atoms with Crippen LogP contribution in [0.4, 0.5) is 13.2 Å². The average Bonchev–Trinajstić information content (AvgIpc) is 2.01. The minimum Gasteiger partial charge on any atom is -0.337 e. The fraction of sp³-hybridized carbons (Fsp3) is 0.286. The minimum absolute atomic E-state index is 0.130. The predicted octanol–water partition coefficient (Wildman–Crippen LogP) is 0.506. The number of pyridine rings is 1. The number of rotatable bonds is 1. The van der Waals surface area contributed by atoms with E-state index >= 15 is 0 Å². The lowest BCUT2D eigenvalue weighted by Gasteiger charge is -2.20. The first-order chi connectivity index (χ1) is 6.21. The summed E-state index contributed by atoms with van der Waals surface area (Å²) in [5.74, 6) is 0. The zero-order chi connectivity index (χ0) is 11.0. The van der Waals surface area contributed by atoms with E-state index in [1.807, 2.05) is 0 Å². The van der Waals surface area contributed by atoms with Gasteiger partial charge in [0, 0.05) is 6.20 Å². The molecular weight excluding hydrogens is 191 g/mol. The lowest BCUT2D eigenvalue weighted by molar-refractivity contribution is -0.141. The van der Waals surface area contributed by atoms with Crippen LogP contribution in [0.15, 0.2) is 18.3 Å². The Bertz CT molecular complexity index is 282. The number of aromatic nitrogens is 1. The third-order valence-electron chi connectivity index (χ3n) is 1.55. The number of halogens is 3. The van der Waals surface area contributed by atoms with Gasteiger partial charge in [0.25, 0.3) is 0 Å². The molecule has 0 aliphatic heterocycles. The van der Waals surface area contributed by atoms with E-state index in [4.69, 9.17) is 21.4 Å². The molecule has 0 unspecified atom stereocenters. The highest BCUT2D eigenvalue weighted by atomic mass is 19.4. The van der Waals surface area contributed by atoms with Crippen molar-refractivity contribution < 1.29 is 13.2 Å². The fourth-order valence-electron chi connectivity index (χ4n) is 0.818.